The molecule has 2 aliphatic rings. The molecule has 0 saturated carbocycles. The predicted molar refractivity (Wildman–Crippen MR) is 114 cm³/mol. The number of aromatic nitrogens is 2. The van der Waals surface area contributed by atoms with Gasteiger partial charge in [-0.25, -0.2) is 15.4 Å². The molecule has 10 nitrogen and oxygen atoms in total. The number of amides is 2. The Labute approximate surface area is 201 Å². The standard InChI is InChI=1S/C20H23F6N7O3/c1-12(30-14-10-29-31-17(35)16(14)20(24,25)26)11-36-7-2-15(34)32-3-5-33(6-4-32)18-27-8-13(9-28-18)19(21,22)23/h8-10,12,16H,2-7,11H2,1H3,(H,31,35)/t12-,16?/m0/s1. The summed E-state index contributed by atoms with van der Waals surface area (Å²) in [5, 5.41) is 3.36. The summed E-state index contributed by atoms with van der Waals surface area (Å²) >= 11 is 0. The summed E-state index contributed by atoms with van der Waals surface area (Å²) in [6.45, 7) is 2.74. The molecule has 2 aliphatic heterocycles. The average Bonchev–Trinajstić information content (AvgIpc) is 2.80. The molecule has 16 heteroatoms. The second-order valence-corrected chi connectivity index (χ2v) is 8.07. The van der Waals surface area contributed by atoms with Gasteiger partial charge >= 0.3 is 12.4 Å². The Morgan fingerprint density at radius 1 is 1.17 bits per heavy atom. The number of rotatable bonds is 7. The number of piperazine rings is 1. The SMILES string of the molecule is C[C@@H](COCCC(=O)N1CCN(c2ncc(C(F)(F)F)cn2)CC1)N=C1C=NNC(=O)C1C(F)(F)F. The summed E-state index contributed by atoms with van der Waals surface area (Å²) in [5.74, 6) is -3.80. The van der Waals surface area contributed by atoms with Gasteiger partial charge in [0.15, 0.2) is 5.92 Å². The number of anilines is 1. The molecule has 3 heterocycles. The van der Waals surface area contributed by atoms with Crippen LogP contribution in [-0.4, -0.2) is 90.2 Å². The average molecular weight is 523 g/mol. The number of nitrogens with one attached hydrogen (secondary N) is 1. The van der Waals surface area contributed by atoms with E-state index in [9.17, 15) is 35.9 Å². The van der Waals surface area contributed by atoms with Crippen molar-refractivity contribution in [2.75, 3.05) is 44.3 Å². The lowest BCUT2D eigenvalue weighted by Crippen LogP contribution is -2.49. The summed E-state index contributed by atoms with van der Waals surface area (Å²) in [7, 11) is 0. The van der Waals surface area contributed by atoms with Gasteiger partial charge in [-0.15, -0.1) is 0 Å². The number of hydrazone groups is 1. The fourth-order valence-electron chi connectivity index (χ4n) is 3.51. The summed E-state index contributed by atoms with van der Waals surface area (Å²) < 4.78 is 82.6. The number of ether oxygens (including phenoxy) is 1. The Morgan fingerprint density at radius 2 is 1.81 bits per heavy atom. The molecule has 0 aliphatic carbocycles. The molecule has 2 amide bonds. The van der Waals surface area contributed by atoms with Gasteiger partial charge in [0.1, 0.15) is 0 Å². The molecule has 0 bridgehead atoms. The smallest absolute Gasteiger partial charge is 0.379 e. The van der Waals surface area contributed by atoms with Crippen molar-refractivity contribution in [3.8, 4) is 0 Å². The zero-order valence-electron chi connectivity index (χ0n) is 19.0. The van der Waals surface area contributed by atoms with E-state index in [-0.39, 0.29) is 31.5 Å². The van der Waals surface area contributed by atoms with E-state index in [1.807, 2.05) is 0 Å². The van der Waals surface area contributed by atoms with Crippen molar-refractivity contribution in [1.29, 1.82) is 0 Å². The molecule has 1 aromatic rings. The number of nitrogens with zero attached hydrogens (tertiary/aromatic N) is 6. The Bertz CT molecular complexity index is 989. The van der Waals surface area contributed by atoms with Gasteiger partial charge in [0, 0.05) is 38.6 Å². The summed E-state index contributed by atoms with van der Waals surface area (Å²) in [6.07, 6.45) is -7.05. The highest BCUT2D eigenvalue weighted by molar-refractivity contribution is 6.37. The van der Waals surface area contributed by atoms with E-state index in [4.69, 9.17) is 4.74 Å². The van der Waals surface area contributed by atoms with Crippen molar-refractivity contribution >= 4 is 29.7 Å². The molecule has 1 aromatic heterocycles. The third-order valence-electron chi connectivity index (χ3n) is 5.33. The molecule has 1 N–H and O–H groups in total. The van der Waals surface area contributed by atoms with Gasteiger partial charge < -0.3 is 14.5 Å². The monoisotopic (exact) mass is 523 g/mol. The van der Waals surface area contributed by atoms with Crippen molar-refractivity contribution in [2.24, 2.45) is 16.0 Å². The normalized spacial score (nSPS) is 21.0. The Morgan fingerprint density at radius 3 is 2.39 bits per heavy atom. The number of carbonyl (C=O) groups excluding carboxylic acids is 2. The highest BCUT2D eigenvalue weighted by atomic mass is 19.4. The van der Waals surface area contributed by atoms with Crippen molar-refractivity contribution in [3.05, 3.63) is 18.0 Å². The van der Waals surface area contributed by atoms with E-state index in [1.165, 1.54) is 6.92 Å². The highest BCUT2D eigenvalue weighted by Gasteiger charge is 2.49. The maximum absolute atomic E-state index is 13.1. The molecular formula is C20H23F6N7O3. The first-order chi connectivity index (χ1) is 16.9. The van der Waals surface area contributed by atoms with Crippen LogP contribution in [0.3, 0.4) is 0 Å². The molecule has 198 valence electrons. The van der Waals surface area contributed by atoms with Crippen molar-refractivity contribution < 1.29 is 40.7 Å². The molecule has 0 spiro atoms. The maximum atomic E-state index is 13.1. The van der Waals surface area contributed by atoms with Crippen molar-refractivity contribution in [3.63, 3.8) is 0 Å². The summed E-state index contributed by atoms with van der Waals surface area (Å²) in [4.78, 5) is 38.5. The van der Waals surface area contributed by atoms with Crippen LogP contribution in [0.4, 0.5) is 32.3 Å². The minimum atomic E-state index is -4.81. The van der Waals surface area contributed by atoms with E-state index in [0.29, 0.717) is 38.6 Å². The van der Waals surface area contributed by atoms with E-state index >= 15 is 0 Å². The lowest BCUT2D eigenvalue weighted by Gasteiger charge is -2.34. The number of hydrogen-bond acceptors (Lipinski definition) is 8. The molecule has 36 heavy (non-hydrogen) atoms. The van der Waals surface area contributed by atoms with Crippen LogP contribution in [0.2, 0.25) is 0 Å². The first-order valence-electron chi connectivity index (χ1n) is 10.8. The van der Waals surface area contributed by atoms with Crippen molar-refractivity contribution in [1.82, 2.24) is 20.3 Å². The first kappa shape index (κ1) is 27.3. The maximum Gasteiger partial charge on any atom is 0.419 e. The Hall–Kier alpha value is -3.30. The number of hydrogen-bond donors (Lipinski definition) is 1. The third-order valence-corrected chi connectivity index (χ3v) is 5.33. The van der Waals surface area contributed by atoms with E-state index in [2.05, 4.69) is 20.1 Å². The molecular weight excluding hydrogens is 500 g/mol. The van der Waals surface area contributed by atoms with E-state index in [1.54, 1.807) is 15.2 Å². The number of carbonyl (C=O) groups is 2. The van der Waals surface area contributed by atoms with Gasteiger partial charge in [0.05, 0.1) is 43.2 Å². The minimum absolute atomic E-state index is 0.00747. The fraction of sp³-hybridized carbons (Fsp3) is 0.600. The second kappa shape index (κ2) is 11.2. The zero-order valence-corrected chi connectivity index (χ0v) is 19.0. The largest absolute Gasteiger partial charge is 0.419 e. The molecule has 0 aromatic carbocycles. The van der Waals surface area contributed by atoms with Crippen molar-refractivity contribution in [2.45, 2.75) is 31.7 Å². The number of alkyl halides is 6. The number of aliphatic imine (C=N–C) groups is 1. The fourth-order valence-corrected chi connectivity index (χ4v) is 3.51. The van der Waals surface area contributed by atoms with Crippen LogP contribution in [0, 0.1) is 5.92 Å². The van der Waals surface area contributed by atoms with Gasteiger partial charge in [0.2, 0.25) is 11.9 Å². The third kappa shape index (κ3) is 7.11. The Kier molecular flexibility index (Phi) is 8.47. The zero-order chi connectivity index (χ0) is 26.5. The van der Waals surface area contributed by atoms with Crippen LogP contribution < -0.4 is 10.3 Å². The van der Waals surface area contributed by atoms with Gasteiger partial charge in [-0.2, -0.15) is 31.4 Å². The molecule has 1 saturated heterocycles. The molecule has 2 atom stereocenters. The van der Waals surface area contributed by atoms with E-state index in [0.717, 1.165) is 6.21 Å². The van der Waals surface area contributed by atoms with Crippen LogP contribution in [0.1, 0.15) is 18.9 Å². The second-order valence-electron chi connectivity index (χ2n) is 8.07. The lowest BCUT2D eigenvalue weighted by molar-refractivity contribution is -0.168. The molecule has 1 unspecified atom stereocenters. The molecule has 0 radical (unpaired) electrons. The topological polar surface area (TPSA) is 112 Å². The van der Waals surface area contributed by atoms with Gasteiger partial charge in [-0.05, 0) is 6.92 Å². The van der Waals surface area contributed by atoms with Gasteiger partial charge in [-0.1, -0.05) is 0 Å². The predicted octanol–water partition coefficient (Wildman–Crippen LogP) is 1.67. The van der Waals surface area contributed by atoms with Crippen LogP contribution in [0.15, 0.2) is 22.5 Å². The van der Waals surface area contributed by atoms with Gasteiger partial charge in [-0.3, -0.25) is 14.6 Å². The van der Waals surface area contributed by atoms with Crippen LogP contribution in [0.25, 0.3) is 0 Å². The summed E-state index contributed by atoms with van der Waals surface area (Å²) in [5.41, 5.74) is 0.297. The molecule has 1 fully saturated rings. The lowest BCUT2D eigenvalue weighted by atomic mass is 10.0. The minimum Gasteiger partial charge on any atom is -0.379 e. The van der Waals surface area contributed by atoms with Crippen LogP contribution >= 0.6 is 0 Å². The first-order valence-corrected chi connectivity index (χ1v) is 10.8. The summed E-state index contributed by atoms with van der Waals surface area (Å²) in [6, 6.07) is -0.718. The van der Waals surface area contributed by atoms with Gasteiger partial charge in [0.25, 0.3) is 5.91 Å². The Balaban J connectivity index is 1.40. The molecule has 3 rings (SSSR count). The highest BCUT2D eigenvalue weighted by Crippen LogP contribution is 2.29. The number of halogens is 6. The van der Waals surface area contributed by atoms with E-state index < -0.39 is 41.5 Å². The van der Waals surface area contributed by atoms with Crippen LogP contribution in [0.5, 0.6) is 0 Å². The van der Waals surface area contributed by atoms with Crippen LogP contribution in [-0.2, 0) is 20.5 Å². The quantitative estimate of drug-likeness (QED) is 0.430.